The summed E-state index contributed by atoms with van der Waals surface area (Å²) in [5.74, 6) is -0.894. The van der Waals surface area contributed by atoms with E-state index in [1.54, 1.807) is 38.2 Å². The monoisotopic (exact) mass is 453 g/mol. The van der Waals surface area contributed by atoms with Gasteiger partial charge in [-0.2, -0.15) is 0 Å². The summed E-state index contributed by atoms with van der Waals surface area (Å²) in [5, 5.41) is 2.80. The molecule has 2 aliphatic heterocycles. The maximum Gasteiger partial charge on any atom is 0.247 e. The Balaban J connectivity index is 1.28. The molecule has 0 radical (unpaired) electrons. The first-order valence-electron chi connectivity index (χ1n) is 11.6. The number of halogens is 1. The van der Waals surface area contributed by atoms with Crippen LogP contribution in [-0.2, 0) is 27.2 Å². The van der Waals surface area contributed by atoms with E-state index in [0.717, 1.165) is 38.0 Å². The zero-order chi connectivity index (χ0) is 23.5. The van der Waals surface area contributed by atoms with Crippen molar-refractivity contribution < 1.29 is 18.7 Å². The number of benzene rings is 1. The molecular formula is C26H32FN3O3. The van der Waals surface area contributed by atoms with Crippen molar-refractivity contribution in [2.75, 3.05) is 19.7 Å². The largest absolute Gasteiger partial charge is 0.377 e. The van der Waals surface area contributed by atoms with Crippen molar-refractivity contribution in [3.63, 3.8) is 0 Å². The van der Waals surface area contributed by atoms with E-state index in [1.807, 2.05) is 23.1 Å². The molecule has 3 heterocycles. The van der Waals surface area contributed by atoms with Crippen molar-refractivity contribution in [2.24, 2.45) is 5.41 Å². The van der Waals surface area contributed by atoms with Crippen molar-refractivity contribution in [1.82, 2.24) is 15.2 Å². The van der Waals surface area contributed by atoms with E-state index in [9.17, 15) is 14.0 Å². The Hall–Kier alpha value is -2.80. The molecule has 1 atom stereocenters. The van der Waals surface area contributed by atoms with E-state index < -0.39 is 11.4 Å². The van der Waals surface area contributed by atoms with Gasteiger partial charge in [0, 0.05) is 31.4 Å². The smallest absolute Gasteiger partial charge is 0.247 e. The summed E-state index contributed by atoms with van der Waals surface area (Å²) in [5.41, 5.74) is 0.411. The molecular weight excluding hydrogens is 421 g/mol. The van der Waals surface area contributed by atoms with Crippen molar-refractivity contribution in [3.8, 4) is 0 Å². The molecule has 33 heavy (non-hydrogen) atoms. The van der Waals surface area contributed by atoms with Gasteiger partial charge in [0.2, 0.25) is 11.8 Å². The SMILES string of the molecule is CC(C)(NC(=O)Cc1ccccc1F)C(=O)N1CCC2(CC1)CO[C@@H](Cc1ccccn1)C2. The molecule has 2 saturated heterocycles. The summed E-state index contributed by atoms with van der Waals surface area (Å²) in [7, 11) is 0. The van der Waals surface area contributed by atoms with Gasteiger partial charge in [0.1, 0.15) is 11.4 Å². The van der Waals surface area contributed by atoms with Crippen molar-refractivity contribution in [2.45, 2.75) is 57.6 Å². The van der Waals surface area contributed by atoms with Gasteiger partial charge in [0.25, 0.3) is 0 Å². The third-order valence-corrected chi connectivity index (χ3v) is 6.86. The molecule has 6 nitrogen and oxygen atoms in total. The van der Waals surface area contributed by atoms with E-state index in [0.29, 0.717) is 18.7 Å². The highest BCUT2D eigenvalue weighted by molar-refractivity contribution is 5.91. The van der Waals surface area contributed by atoms with Crippen LogP contribution in [0.3, 0.4) is 0 Å². The Labute approximate surface area is 194 Å². The van der Waals surface area contributed by atoms with Gasteiger partial charge in [-0.25, -0.2) is 4.39 Å². The normalized spacial score (nSPS) is 20.1. The lowest BCUT2D eigenvalue weighted by molar-refractivity contribution is -0.142. The second-order valence-electron chi connectivity index (χ2n) is 9.90. The molecule has 0 unspecified atom stereocenters. The van der Waals surface area contributed by atoms with Crippen LogP contribution in [0.5, 0.6) is 0 Å². The standard InChI is InChI=1S/C26H32FN3O3/c1-25(2,29-23(31)15-19-7-3-4-9-22(19)27)24(32)30-13-10-26(11-14-30)17-21(33-18-26)16-20-8-5-6-12-28-20/h3-9,12,21H,10-11,13-18H2,1-2H3,(H,29,31)/t21-/m0/s1. The zero-order valence-corrected chi connectivity index (χ0v) is 19.4. The van der Waals surface area contributed by atoms with Crippen molar-refractivity contribution >= 4 is 11.8 Å². The molecule has 4 rings (SSSR count). The predicted octanol–water partition coefficient (Wildman–Crippen LogP) is 3.30. The number of ether oxygens (including phenoxy) is 1. The van der Waals surface area contributed by atoms with Crippen LogP contribution in [0, 0.1) is 11.2 Å². The van der Waals surface area contributed by atoms with Gasteiger partial charge in [-0.05, 0) is 62.3 Å². The number of nitrogens with zero attached hydrogens (tertiary/aromatic N) is 2. The first-order chi connectivity index (χ1) is 15.8. The molecule has 2 fully saturated rings. The minimum absolute atomic E-state index is 0.0957. The second-order valence-corrected chi connectivity index (χ2v) is 9.90. The number of hydrogen-bond donors (Lipinski definition) is 1. The number of carbonyl (C=O) groups is 2. The van der Waals surface area contributed by atoms with Crippen LogP contribution in [0.25, 0.3) is 0 Å². The maximum atomic E-state index is 13.9. The topological polar surface area (TPSA) is 71.5 Å². The van der Waals surface area contributed by atoms with Crippen LogP contribution in [0.15, 0.2) is 48.7 Å². The van der Waals surface area contributed by atoms with Crippen LogP contribution in [0.2, 0.25) is 0 Å². The fourth-order valence-electron chi connectivity index (χ4n) is 4.97. The van der Waals surface area contributed by atoms with Gasteiger partial charge in [-0.15, -0.1) is 0 Å². The Kier molecular flexibility index (Phi) is 6.79. The number of carbonyl (C=O) groups excluding carboxylic acids is 2. The van der Waals surface area contributed by atoms with E-state index in [-0.39, 0.29) is 29.8 Å². The third-order valence-electron chi connectivity index (χ3n) is 6.86. The molecule has 1 N–H and O–H groups in total. The highest BCUT2D eigenvalue weighted by Crippen LogP contribution is 2.42. The van der Waals surface area contributed by atoms with E-state index in [4.69, 9.17) is 4.74 Å². The first-order valence-corrected chi connectivity index (χ1v) is 11.6. The average Bonchev–Trinajstić information content (AvgIpc) is 3.17. The molecule has 0 bridgehead atoms. The summed E-state index contributed by atoms with van der Waals surface area (Å²) in [6.45, 7) is 5.42. The molecule has 0 saturated carbocycles. The summed E-state index contributed by atoms with van der Waals surface area (Å²) >= 11 is 0. The molecule has 2 aliphatic rings. The van der Waals surface area contributed by atoms with Crippen LogP contribution >= 0.6 is 0 Å². The van der Waals surface area contributed by atoms with E-state index in [1.165, 1.54) is 6.07 Å². The lowest BCUT2D eigenvalue weighted by Crippen LogP contribution is -2.58. The summed E-state index contributed by atoms with van der Waals surface area (Å²) in [6, 6.07) is 12.1. The number of piperidine rings is 1. The number of likely N-dealkylation sites (tertiary alicyclic amines) is 1. The Bertz CT molecular complexity index is 987. The van der Waals surface area contributed by atoms with Crippen LogP contribution in [0.1, 0.15) is 44.4 Å². The summed E-state index contributed by atoms with van der Waals surface area (Å²) < 4.78 is 20.0. The summed E-state index contributed by atoms with van der Waals surface area (Å²) in [6.07, 6.45) is 5.44. The number of rotatable bonds is 6. The minimum Gasteiger partial charge on any atom is -0.377 e. The van der Waals surface area contributed by atoms with Gasteiger partial charge < -0.3 is 15.0 Å². The fourth-order valence-corrected chi connectivity index (χ4v) is 4.97. The minimum atomic E-state index is -1.06. The molecule has 2 aromatic rings. The summed E-state index contributed by atoms with van der Waals surface area (Å²) in [4.78, 5) is 31.9. The van der Waals surface area contributed by atoms with E-state index >= 15 is 0 Å². The lowest BCUT2D eigenvalue weighted by atomic mass is 9.76. The molecule has 2 amide bonds. The van der Waals surface area contributed by atoms with Gasteiger partial charge in [0.15, 0.2) is 0 Å². The van der Waals surface area contributed by atoms with Crippen LogP contribution in [0.4, 0.5) is 4.39 Å². The molecule has 1 spiro atoms. The third kappa shape index (κ3) is 5.58. The number of pyridine rings is 1. The Morgan fingerprint density at radius 1 is 1.18 bits per heavy atom. The maximum absolute atomic E-state index is 13.9. The zero-order valence-electron chi connectivity index (χ0n) is 19.4. The second kappa shape index (κ2) is 9.59. The fraction of sp³-hybridized carbons (Fsp3) is 0.500. The lowest BCUT2D eigenvalue weighted by Gasteiger charge is -2.41. The van der Waals surface area contributed by atoms with Crippen molar-refractivity contribution in [3.05, 3.63) is 65.7 Å². The number of amides is 2. The van der Waals surface area contributed by atoms with Crippen LogP contribution < -0.4 is 5.32 Å². The number of aromatic nitrogens is 1. The molecule has 1 aromatic carbocycles. The molecule has 7 heteroatoms. The quantitative estimate of drug-likeness (QED) is 0.729. The van der Waals surface area contributed by atoms with Gasteiger partial charge in [-0.3, -0.25) is 14.6 Å². The van der Waals surface area contributed by atoms with Crippen LogP contribution in [-0.4, -0.2) is 53.0 Å². The predicted molar refractivity (Wildman–Crippen MR) is 123 cm³/mol. The van der Waals surface area contributed by atoms with Gasteiger partial charge in [0.05, 0.1) is 19.1 Å². The number of nitrogens with one attached hydrogen (secondary N) is 1. The molecule has 1 aromatic heterocycles. The van der Waals surface area contributed by atoms with Crippen molar-refractivity contribution in [1.29, 1.82) is 0 Å². The number of hydrogen-bond acceptors (Lipinski definition) is 4. The van der Waals surface area contributed by atoms with E-state index in [2.05, 4.69) is 10.3 Å². The Morgan fingerprint density at radius 3 is 2.61 bits per heavy atom. The highest BCUT2D eigenvalue weighted by Gasteiger charge is 2.44. The first kappa shape index (κ1) is 23.4. The Morgan fingerprint density at radius 2 is 1.91 bits per heavy atom. The average molecular weight is 454 g/mol. The van der Waals surface area contributed by atoms with Gasteiger partial charge in [-0.1, -0.05) is 24.3 Å². The highest BCUT2D eigenvalue weighted by atomic mass is 19.1. The van der Waals surface area contributed by atoms with Gasteiger partial charge >= 0.3 is 0 Å². The molecule has 0 aliphatic carbocycles. The molecule has 176 valence electrons.